The number of carbonyl (C=O) groups is 1. The third-order valence-electron chi connectivity index (χ3n) is 5.89. The molecule has 0 aliphatic heterocycles. The van der Waals surface area contributed by atoms with Gasteiger partial charge in [-0.3, -0.25) is 14.8 Å². The number of fused-ring (bicyclic) bond motifs is 1. The van der Waals surface area contributed by atoms with E-state index in [2.05, 4.69) is 21.0 Å². The Kier molecular flexibility index (Phi) is 5.47. The molecule has 1 aliphatic rings. The molecule has 2 unspecified atom stereocenters. The maximum Gasteiger partial charge on any atom is 0.242 e. The number of hydrogen-bond donors (Lipinski definition) is 1. The number of anilines is 1. The summed E-state index contributed by atoms with van der Waals surface area (Å²) in [6.07, 6.45) is 6.62. The van der Waals surface area contributed by atoms with Crippen molar-refractivity contribution in [3.05, 3.63) is 53.9 Å². The minimum Gasteiger partial charge on any atom is -0.397 e. The first kappa shape index (κ1) is 20.6. The zero-order chi connectivity index (χ0) is 22.1. The Balaban J connectivity index is 1.83. The van der Waals surface area contributed by atoms with E-state index in [-0.39, 0.29) is 23.6 Å². The SMILES string of the molecule is CC(=O)N=C1CCC(C#N)CC1c1cc2cc(-c3cncc(N)c3C)c(F)cc2cn1. The van der Waals surface area contributed by atoms with E-state index in [1.165, 1.54) is 13.0 Å². The molecule has 2 N–H and O–H groups in total. The van der Waals surface area contributed by atoms with Crippen LogP contribution in [-0.4, -0.2) is 21.6 Å². The largest absolute Gasteiger partial charge is 0.397 e. The summed E-state index contributed by atoms with van der Waals surface area (Å²) in [7, 11) is 0. The second kappa shape index (κ2) is 8.23. The van der Waals surface area contributed by atoms with Crippen LogP contribution < -0.4 is 5.73 Å². The Bertz CT molecular complexity index is 1260. The topological polar surface area (TPSA) is 105 Å². The van der Waals surface area contributed by atoms with Crippen molar-refractivity contribution in [2.75, 3.05) is 5.73 Å². The number of pyridine rings is 2. The van der Waals surface area contributed by atoms with Crippen LogP contribution in [0.3, 0.4) is 0 Å². The number of rotatable bonds is 2. The molecule has 1 fully saturated rings. The van der Waals surface area contributed by atoms with E-state index in [9.17, 15) is 14.4 Å². The van der Waals surface area contributed by atoms with Gasteiger partial charge in [0.2, 0.25) is 5.91 Å². The maximum absolute atomic E-state index is 14.9. The number of halogens is 1. The molecule has 1 saturated carbocycles. The lowest BCUT2D eigenvalue weighted by atomic mass is 9.78. The fourth-order valence-corrected chi connectivity index (χ4v) is 4.17. The van der Waals surface area contributed by atoms with E-state index in [4.69, 9.17) is 5.73 Å². The van der Waals surface area contributed by atoms with Gasteiger partial charge in [-0.15, -0.1) is 0 Å². The van der Waals surface area contributed by atoms with Crippen LogP contribution in [0, 0.1) is 30.0 Å². The molecule has 31 heavy (non-hydrogen) atoms. The molecular weight excluding hydrogens is 393 g/mol. The van der Waals surface area contributed by atoms with Gasteiger partial charge in [-0.05, 0) is 55.3 Å². The Morgan fingerprint density at radius 1 is 1.23 bits per heavy atom. The zero-order valence-electron chi connectivity index (χ0n) is 17.4. The van der Waals surface area contributed by atoms with E-state index >= 15 is 0 Å². The van der Waals surface area contributed by atoms with Crippen molar-refractivity contribution < 1.29 is 9.18 Å². The molecule has 156 valence electrons. The van der Waals surface area contributed by atoms with Crippen LogP contribution in [0.1, 0.15) is 43.4 Å². The second-order valence-corrected chi connectivity index (χ2v) is 7.96. The number of nitrogen functional groups attached to an aromatic ring is 1. The average molecular weight is 415 g/mol. The van der Waals surface area contributed by atoms with E-state index in [0.29, 0.717) is 41.5 Å². The molecule has 0 saturated heterocycles. The van der Waals surface area contributed by atoms with Crippen molar-refractivity contribution in [3.8, 4) is 17.2 Å². The first-order valence-electron chi connectivity index (χ1n) is 10.1. The number of aromatic nitrogens is 2. The number of amides is 1. The molecular formula is C24H22FN5O. The van der Waals surface area contributed by atoms with Crippen LogP contribution in [0.5, 0.6) is 0 Å². The Labute approximate surface area is 179 Å². The molecule has 2 aromatic heterocycles. The normalized spacial score (nSPS) is 20.0. The van der Waals surface area contributed by atoms with Gasteiger partial charge in [-0.1, -0.05) is 0 Å². The molecule has 7 heteroatoms. The quantitative estimate of drug-likeness (QED) is 0.652. The van der Waals surface area contributed by atoms with Crippen LogP contribution in [0.2, 0.25) is 0 Å². The molecule has 1 amide bonds. The van der Waals surface area contributed by atoms with Crippen LogP contribution in [0.4, 0.5) is 10.1 Å². The summed E-state index contributed by atoms with van der Waals surface area (Å²) < 4.78 is 14.9. The van der Waals surface area contributed by atoms with Gasteiger partial charge in [0.15, 0.2) is 0 Å². The summed E-state index contributed by atoms with van der Waals surface area (Å²) >= 11 is 0. The summed E-state index contributed by atoms with van der Waals surface area (Å²) in [6, 6.07) is 7.45. The lowest BCUT2D eigenvalue weighted by Gasteiger charge is -2.27. The minimum absolute atomic E-state index is 0.113. The first-order valence-corrected chi connectivity index (χ1v) is 10.1. The third kappa shape index (κ3) is 4.02. The fourth-order valence-electron chi connectivity index (χ4n) is 4.17. The number of nitrogens with zero attached hydrogens (tertiary/aromatic N) is 4. The van der Waals surface area contributed by atoms with Gasteiger partial charge >= 0.3 is 0 Å². The number of benzene rings is 1. The predicted molar refractivity (Wildman–Crippen MR) is 118 cm³/mol. The molecule has 3 aromatic rings. The minimum atomic E-state index is -0.376. The predicted octanol–water partition coefficient (Wildman–Crippen LogP) is 4.72. The van der Waals surface area contributed by atoms with Crippen LogP contribution >= 0.6 is 0 Å². The van der Waals surface area contributed by atoms with Crippen molar-refractivity contribution in [2.24, 2.45) is 10.9 Å². The first-order chi connectivity index (χ1) is 14.9. The molecule has 0 bridgehead atoms. The van der Waals surface area contributed by atoms with Gasteiger partial charge in [-0.25, -0.2) is 9.38 Å². The van der Waals surface area contributed by atoms with Gasteiger partial charge in [0.25, 0.3) is 0 Å². The van der Waals surface area contributed by atoms with Crippen molar-refractivity contribution in [1.82, 2.24) is 9.97 Å². The van der Waals surface area contributed by atoms with Crippen LogP contribution in [-0.2, 0) is 4.79 Å². The molecule has 6 nitrogen and oxygen atoms in total. The van der Waals surface area contributed by atoms with Gasteiger partial charge in [0, 0.05) is 59.1 Å². The van der Waals surface area contributed by atoms with E-state index < -0.39 is 0 Å². The third-order valence-corrected chi connectivity index (χ3v) is 5.89. The molecule has 1 aliphatic carbocycles. The molecule has 0 spiro atoms. The monoisotopic (exact) mass is 415 g/mol. The summed E-state index contributed by atoms with van der Waals surface area (Å²) in [5.74, 6) is -0.960. The second-order valence-electron chi connectivity index (χ2n) is 7.96. The smallest absolute Gasteiger partial charge is 0.242 e. The number of carbonyl (C=O) groups excluding carboxylic acids is 1. The van der Waals surface area contributed by atoms with Crippen molar-refractivity contribution in [1.29, 1.82) is 5.26 Å². The molecule has 2 atom stereocenters. The zero-order valence-corrected chi connectivity index (χ0v) is 17.4. The highest BCUT2D eigenvalue weighted by Gasteiger charge is 2.30. The summed E-state index contributed by atoms with van der Waals surface area (Å²) in [5.41, 5.74) is 9.77. The Morgan fingerprint density at radius 3 is 2.77 bits per heavy atom. The number of nitrogens with two attached hydrogens (primary N) is 1. The Morgan fingerprint density at radius 2 is 2.03 bits per heavy atom. The van der Waals surface area contributed by atoms with Gasteiger partial charge in [0.1, 0.15) is 5.82 Å². The van der Waals surface area contributed by atoms with Crippen LogP contribution in [0.15, 0.2) is 41.8 Å². The highest BCUT2D eigenvalue weighted by atomic mass is 19.1. The number of aliphatic imine (C=N–C) groups is 1. The molecule has 1 aromatic carbocycles. The summed E-state index contributed by atoms with van der Waals surface area (Å²) in [5, 5.41) is 10.9. The maximum atomic E-state index is 14.9. The standard InChI is InChI=1S/C24H22FN5O/c1-13-20(11-28-12-22(13)27)18-6-16-8-24(29-10-17(16)7-21(18)25)19-5-15(9-26)3-4-23(19)30-14(2)31/h6-8,10-12,15,19H,3-5,27H2,1-2H3. The van der Waals surface area contributed by atoms with Crippen molar-refractivity contribution in [2.45, 2.75) is 39.0 Å². The highest BCUT2D eigenvalue weighted by Crippen LogP contribution is 2.36. The average Bonchev–Trinajstić information content (AvgIpc) is 2.75. The van der Waals surface area contributed by atoms with Gasteiger partial charge < -0.3 is 5.73 Å². The number of nitriles is 1. The lowest BCUT2D eigenvalue weighted by molar-refractivity contribution is -0.115. The lowest BCUT2D eigenvalue weighted by Crippen LogP contribution is -2.24. The van der Waals surface area contributed by atoms with Crippen LogP contribution in [0.25, 0.3) is 21.9 Å². The molecule has 0 radical (unpaired) electrons. The molecule has 4 rings (SSSR count). The van der Waals surface area contributed by atoms with Gasteiger partial charge in [-0.2, -0.15) is 5.26 Å². The van der Waals surface area contributed by atoms with E-state index in [0.717, 1.165) is 22.4 Å². The summed E-state index contributed by atoms with van der Waals surface area (Å²) in [4.78, 5) is 24.4. The molecule has 2 heterocycles. The van der Waals surface area contributed by atoms with Crippen molar-refractivity contribution in [3.63, 3.8) is 0 Å². The van der Waals surface area contributed by atoms with Crippen molar-refractivity contribution >= 4 is 28.1 Å². The van der Waals surface area contributed by atoms with E-state index in [1.807, 2.05) is 13.0 Å². The highest BCUT2D eigenvalue weighted by molar-refractivity contribution is 6.00. The van der Waals surface area contributed by atoms with E-state index in [1.54, 1.807) is 24.7 Å². The summed E-state index contributed by atoms with van der Waals surface area (Å²) in [6.45, 7) is 3.26. The number of hydrogen-bond acceptors (Lipinski definition) is 5. The Hall–Kier alpha value is -3.66. The van der Waals surface area contributed by atoms with Gasteiger partial charge in [0.05, 0.1) is 18.0 Å². The fraction of sp³-hybridized carbons (Fsp3) is 0.292.